The summed E-state index contributed by atoms with van der Waals surface area (Å²) in [6.07, 6.45) is 0. The summed E-state index contributed by atoms with van der Waals surface area (Å²) >= 11 is 16.9. The minimum absolute atomic E-state index is 0.305. The number of hydrogen-bond acceptors (Lipinski definition) is 0. The SMILES string of the molecule is ClCC#Cc1ccc(Cl)cc1Cl. The number of halogens is 3. The summed E-state index contributed by atoms with van der Waals surface area (Å²) in [5, 5.41) is 1.16. The van der Waals surface area contributed by atoms with Crippen molar-refractivity contribution in [3.63, 3.8) is 0 Å². The zero-order chi connectivity index (χ0) is 8.97. The van der Waals surface area contributed by atoms with Crippen molar-refractivity contribution in [2.45, 2.75) is 0 Å². The topological polar surface area (TPSA) is 0 Å². The Balaban J connectivity index is 3.01. The molecule has 0 aliphatic rings. The molecule has 0 nitrogen and oxygen atoms in total. The van der Waals surface area contributed by atoms with E-state index in [2.05, 4.69) is 11.8 Å². The van der Waals surface area contributed by atoms with Crippen molar-refractivity contribution >= 4 is 34.8 Å². The van der Waals surface area contributed by atoms with Crippen molar-refractivity contribution in [2.24, 2.45) is 0 Å². The molecule has 3 heteroatoms. The molecule has 0 amide bonds. The van der Waals surface area contributed by atoms with E-state index in [0.717, 1.165) is 5.56 Å². The van der Waals surface area contributed by atoms with Gasteiger partial charge in [0, 0.05) is 10.6 Å². The third kappa shape index (κ3) is 2.60. The number of benzene rings is 1. The lowest BCUT2D eigenvalue weighted by atomic mass is 10.2. The first-order chi connectivity index (χ1) is 5.74. The summed E-state index contributed by atoms with van der Waals surface area (Å²) in [6, 6.07) is 5.16. The zero-order valence-corrected chi connectivity index (χ0v) is 8.34. The Labute approximate surface area is 86.4 Å². The van der Waals surface area contributed by atoms with E-state index in [4.69, 9.17) is 34.8 Å². The summed E-state index contributed by atoms with van der Waals surface area (Å²) < 4.78 is 0. The summed E-state index contributed by atoms with van der Waals surface area (Å²) in [5.74, 6) is 5.83. The average molecular weight is 219 g/mol. The lowest BCUT2D eigenvalue weighted by molar-refractivity contribution is 1.64. The van der Waals surface area contributed by atoms with Crippen LogP contribution in [0.5, 0.6) is 0 Å². The van der Waals surface area contributed by atoms with Gasteiger partial charge in [-0.1, -0.05) is 35.0 Å². The van der Waals surface area contributed by atoms with Crippen LogP contribution < -0.4 is 0 Å². The Hall–Kier alpha value is -0.350. The molecule has 0 bridgehead atoms. The standard InChI is InChI=1S/C9H5Cl3/c10-5-1-2-7-3-4-8(11)6-9(7)12/h3-4,6H,5H2. The minimum atomic E-state index is 0.305. The normalized spacial score (nSPS) is 8.92. The molecule has 12 heavy (non-hydrogen) atoms. The maximum absolute atomic E-state index is 5.84. The molecule has 0 N–H and O–H groups in total. The van der Waals surface area contributed by atoms with Crippen molar-refractivity contribution in [3.05, 3.63) is 33.8 Å². The van der Waals surface area contributed by atoms with E-state index >= 15 is 0 Å². The zero-order valence-electron chi connectivity index (χ0n) is 6.07. The molecule has 0 saturated carbocycles. The van der Waals surface area contributed by atoms with Crippen LogP contribution in [0.15, 0.2) is 18.2 Å². The lowest BCUT2D eigenvalue weighted by Crippen LogP contribution is -1.76. The molecule has 0 fully saturated rings. The van der Waals surface area contributed by atoms with Crippen molar-refractivity contribution < 1.29 is 0 Å². The Kier molecular flexibility index (Phi) is 3.75. The fraction of sp³-hybridized carbons (Fsp3) is 0.111. The van der Waals surface area contributed by atoms with Crippen molar-refractivity contribution in [1.82, 2.24) is 0 Å². The van der Waals surface area contributed by atoms with Crippen LogP contribution in [0.4, 0.5) is 0 Å². The molecule has 0 aliphatic heterocycles. The van der Waals surface area contributed by atoms with Gasteiger partial charge in [-0.15, -0.1) is 11.6 Å². The molecule has 1 rings (SSSR count). The van der Waals surface area contributed by atoms with Gasteiger partial charge in [0.2, 0.25) is 0 Å². The highest BCUT2D eigenvalue weighted by Crippen LogP contribution is 2.19. The highest BCUT2D eigenvalue weighted by atomic mass is 35.5. The monoisotopic (exact) mass is 218 g/mol. The Morgan fingerprint density at radius 3 is 2.58 bits per heavy atom. The molecule has 0 unspecified atom stereocenters. The first-order valence-corrected chi connectivity index (χ1v) is 4.53. The second kappa shape index (κ2) is 4.62. The van der Waals surface area contributed by atoms with Crippen LogP contribution in [-0.4, -0.2) is 5.88 Å². The highest BCUT2D eigenvalue weighted by Gasteiger charge is 1.96. The van der Waals surface area contributed by atoms with E-state index in [9.17, 15) is 0 Å². The molecule has 1 aromatic carbocycles. The lowest BCUT2D eigenvalue weighted by Gasteiger charge is -1.94. The van der Waals surface area contributed by atoms with Gasteiger partial charge in [-0.25, -0.2) is 0 Å². The van der Waals surface area contributed by atoms with Gasteiger partial charge in [-0.2, -0.15) is 0 Å². The number of rotatable bonds is 0. The van der Waals surface area contributed by atoms with Crippen LogP contribution in [-0.2, 0) is 0 Å². The number of alkyl halides is 1. The summed E-state index contributed by atoms with van der Waals surface area (Å²) in [4.78, 5) is 0. The predicted octanol–water partition coefficient (Wildman–Crippen LogP) is 3.58. The molecule has 0 aromatic heterocycles. The average Bonchev–Trinajstić information content (AvgIpc) is 2.03. The highest BCUT2D eigenvalue weighted by molar-refractivity contribution is 6.35. The van der Waals surface area contributed by atoms with Gasteiger partial charge < -0.3 is 0 Å². The second-order valence-corrected chi connectivity index (χ2v) is 3.17. The van der Waals surface area contributed by atoms with Crippen LogP contribution in [0.3, 0.4) is 0 Å². The predicted molar refractivity (Wildman–Crippen MR) is 54.1 cm³/mol. The maximum Gasteiger partial charge on any atom is 0.0839 e. The quantitative estimate of drug-likeness (QED) is 0.462. The molecule has 0 heterocycles. The fourth-order valence-corrected chi connectivity index (χ4v) is 1.24. The van der Waals surface area contributed by atoms with Crippen LogP contribution in [0.2, 0.25) is 10.0 Å². The minimum Gasteiger partial charge on any atom is -0.113 e. The largest absolute Gasteiger partial charge is 0.113 e. The second-order valence-electron chi connectivity index (χ2n) is 2.06. The Morgan fingerprint density at radius 1 is 1.25 bits per heavy atom. The molecular formula is C9H5Cl3. The molecule has 1 aromatic rings. The van der Waals surface area contributed by atoms with E-state index in [-0.39, 0.29) is 0 Å². The third-order valence-electron chi connectivity index (χ3n) is 1.22. The van der Waals surface area contributed by atoms with Crippen LogP contribution >= 0.6 is 34.8 Å². The maximum atomic E-state index is 5.84. The number of hydrogen-bond donors (Lipinski definition) is 0. The molecule has 0 atom stereocenters. The van der Waals surface area contributed by atoms with E-state index in [1.165, 1.54) is 0 Å². The van der Waals surface area contributed by atoms with Crippen molar-refractivity contribution in [3.8, 4) is 11.8 Å². The van der Waals surface area contributed by atoms with Gasteiger partial charge in [-0.05, 0) is 18.2 Å². The Bertz CT molecular complexity index is 333. The van der Waals surface area contributed by atoms with E-state index < -0.39 is 0 Å². The third-order valence-corrected chi connectivity index (χ3v) is 1.90. The van der Waals surface area contributed by atoms with Crippen molar-refractivity contribution in [1.29, 1.82) is 0 Å². The first kappa shape index (κ1) is 9.74. The Morgan fingerprint density at radius 2 is 2.00 bits per heavy atom. The molecular weight excluding hydrogens is 214 g/mol. The summed E-state index contributed by atoms with van der Waals surface area (Å²) in [6.45, 7) is 0. The van der Waals surface area contributed by atoms with E-state index in [0.29, 0.717) is 15.9 Å². The molecule has 62 valence electrons. The molecule has 0 spiro atoms. The molecule has 0 aliphatic carbocycles. The van der Waals surface area contributed by atoms with Gasteiger partial charge in [0.15, 0.2) is 0 Å². The van der Waals surface area contributed by atoms with E-state index in [1.54, 1.807) is 18.2 Å². The smallest absolute Gasteiger partial charge is 0.0839 e. The van der Waals surface area contributed by atoms with Gasteiger partial charge >= 0.3 is 0 Å². The summed E-state index contributed by atoms with van der Waals surface area (Å²) in [7, 11) is 0. The van der Waals surface area contributed by atoms with Crippen LogP contribution in [0, 0.1) is 11.8 Å². The first-order valence-electron chi connectivity index (χ1n) is 3.24. The van der Waals surface area contributed by atoms with E-state index in [1.807, 2.05) is 0 Å². The van der Waals surface area contributed by atoms with Crippen molar-refractivity contribution in [2.75, 3.05) is 5.88 Å². The molecule has 0 saturated heterocycles. The fourth-order valence-electron chi connectivity index (χ4n) is 0.719. The van der Waals surface area contributed by atoms with Gasteiger partial charge in [0.05, 0.1) is 10.9 Å². The van der Waals surface area contributed by atoms with Gasteiger partial charge in [-0.3, -0.25) is 0 Å². The molecule has 0 radical (unpaired) electrons. The van der Waals surface area contributed by atoms with Crippen LogP contribution in [0.1, 0.15) is 5.56 Å². The van der Waals surface area contributed by atoms with Crippen LogP contribution in [0.25, 0.3) is 0 Å². The summed E-state index contributed by atoms with van der Waals surface area (Å²) in [5.41, 5.74) is 0.752. The van der Waals surface area contributed by atoms with Gasteiger partial charge in [0.25, 0.3) is 0 Å². The van der Waals surface area contributed by atoms with Gasteiger partial charge in [0.1, 0.15) is 0 Å².